The number of ether oxygens (including phenoxy) is 1. The lowest BCUT2D eigenvalue weighted by Gasteiger charge is -2.36. The SMILES string of the molecule is COCC1(c2ccc(C(=O)N3CCN(c4ncc(C5CC5)cc4C)CC3)c(F)c2)NC(=O)NC1=O. The van der Waals surface area contributed by atoms with Crippen molar-refractivity contribution in [1.29, 1.82) is 0 Å². The molecule has 0 spiro atoms. The zero-order chi connectivity index (χ0) is 24.7. The summed E-state index contributed by atoms with van der Waals surface area (Å²) in [7, 11) is 1.38. The molecule has 1 atom stereocenters. The number of amides is 4. The fourth-order valence-electron chi connectivity index (χ4n) is 4.90. The highest BCUT2D eigenvalue weighted by Crippen LogP contribution is 2.40. The Morgan fingerprint density at radius 2 is 1.94 bits per heavy atom. The van der Waals surface area contributed by atoms with Crippen LogP contribution in [-0.4, -0.2) is 67.6 Å². The van der Waals surface area contributed by atoms with Gasteiger partial charge in [0.25, 0.3) is 11.8 Å². The summed E-state index contributed by atoms with van der Waals surface area (Å²) in [4.78, 5) is 45.7. The van der Waals surface area contributed by atoms with Crippen molar-refractivity contribution in [2.45, 2.75) is 31.2 Å². The fourth-order valence-corrected chi connectivity index (χ4v) is 4.90. The largest absolute Gasteiger partial charge is 0.381 e. The van der Waals surface area contributed by atoms with Crippen molar-refractivity contribution in [3.8, 4) is 0 Å². The molecule has 2 saturated heterocycles. The number of nitrogens with one attached hydrogen (secondary N) is 2. The van der Waals surface area contributed by atoms with E-state index in [1.165, 1.54) is 37.6 Å². The molecule has 0 radical (unpaired) electrons. The van der Waals surface area contributed by atoms with Crippen LogP contribution in [0.5, 0.6) is 0 Å². The lowest BCUT2D eigenvalue weighted by molar-refractivity contribution is -0.126. The average molecular weight is 482 g/mol. The molecular weight excluding hydrogens is 453 g/mol. The van der Waals surface area contributed by atoms with Crippen LogP contribution in [0.2, 0.25) is 0 Å². The van der Waals surface area contributed by atoms with Gasteiger partial charge in [0.1, 0.15) is 11.6 Å². The van der Waals surface area contributed by atoms with Crippen LogP contribution in [0.25, 0.3) is 0 Å². The summed E-state index contributed by atoms with van der Waals surface area (Å²) in [6.07, 6.45) is 4.42. The molecule has 2 N–H and O–H groups in total. The first-order valence-electron chi connectivity index (χ1n) is 11.8. The Hall–Kier alpha value is -3.53. The number of nitrogens with zero attached hydrogens (tertiary/aromatic N) is 3. The molecule has 0 bridgehead atoms. The van der Waals surface area contributed by atoms with Gasteiger partial charge in [0.15, 0.2) is 5.54 Å². The molecule has 3 aliphatic rings. The Morgan fingerprint density at radius 3 is 2.51 bits per heavy atom. The molecule has 5 rings (SSSR count). The summed E-state index contributed by atoms with van der Waals surface area (Å²) in [6.45, 7) is 3.98. The topological polar surface area (TPSA) is 104 Å². The highest BCUT2D eigenvalue weighted by molar-refractivity contribution is 6.07. The minimum Gasteiger partial charge on any atom is -0.381 e. The second-order valence-electron chi connectivity index (χ2n) is 9.40. The number of rotatable bonds is 6. The van der Waals surface area contributed by atoms with E-state index in [1.807, 2.05) is 6.20 Å². The van der Waals surface area contributed by atoms with Crippen LogP contribution in [0, 0.1) is 12.7 Å². The van der Waals surface area contributed by atoms with Gasteiger partial charge in [-0.2, -0.15) is 0 Å². The third-order valence-electron chi connectivity index (χ3n) is 6.98. The van der Waals surface area contributed by atoms with E-state index >= 15 is 4.39 Å². The van der Waals surface area contributed by atoms with Crippen molar-refractivity contribution in [1.82, 2.24) is 20.5 Å². The zero-order valence-corrected chi connectivity index (χ0v) is 19.8. The van der Waals surface area contributed by atoms with Gasteiger partial charge in [-0.1, -0.05) is 12.1 Å². The number of carbonyl (C=O) groups is 3. The van der Waals surface area contributed by atoms with Gasteiger partial charge in [0, 0.05) is 39.5 Å². The van der Waals surface area contributed by atoms with Crippen LogP contribution in [0.1, 0.15) is 45.8 Å². The minimum absolute atomic E-state index is 0.0809. The number of aryl methyl sites for hydroxylation is 1. The molecule has 10 heteroatoms. The van der Waals surface area contributed by atoms with Gasteiger partial charge in [0.2, 0.25) is 0 Å². The van der Waals surface area contributed by atoms with Crippen molar-refractivity contribution in [3.63, 3.8) is 0 Å². The number of imide groups is 1. The molecule has 2 aromatic rings. The predicted molar refractivity (Wildman–Crippen MR) is 126 cm³/mol. The number of benzene rings is 1. The summed E-state index contributed by atoms with van der Waals surface area (Å²) in [5, 5.41) is 4.67. The number of pyridine rings is 1. The Morgan fingerprint density at radius 1 is 1.20 bits per heavy atom. The van der Waals surface area contributed by atoms with E-state index in [9.17, 15) is 14.4 Å². The summed E-state index contributed by atoms with van der Waals surface area (Å²) in [6, 6.07) is 5.47. The van der Waals surface area contributed by atoms with Gasteiger partial charge in [-0.15, -0.1) is 0 Å². The maximum absolute atomic E-state index is 15.1. The first-order valence-corrected chi connectivity index (χ1v) is 11.8. The molecule has 184 valence electrons. The van der Waals surface area contributed by atoms with Gasteiger partial charge in [-0.25, -0.2) is 14.2 Å². The van der Waals surface area contributed by atoms with E-state index in [0.29, 0.717) is 32.1 Å². The van der Waals surface area contributed by atoms with Gasteiger partial charge in [-0.05, 0) is 54.5 Å². The monoisotopic (exact) mass is 481 g/mol. The second kappa shape index (κ2) is 8.92. The van der Waals surface area contributed by atoms with Crippen LogP contribution in [0.15, 0.2) is 30.5 Å². The lowest BCUT2D eigenvalue weighted by atomic mass is 9.89. The fraction of sp³-hybridized carbons (Fsp3) is 0.440. The average Bonchev–Trinajstić information content (AvgIpc) is 3.64. The summed E-state index contributed by atoms with van der Waals surface area (Å²) < 4.78 is 20.2. The van der Waals surface area contributed by atoms with E-state index in [-0.39, 0.29) is 17.7 Å². The number of urea groups is 1. The normalized spacial score (nSPS) is 22.3. The first-order chi connectivity index (χ1) is 16.8. The molecule has 1 aromatic heterocycles. The number of carbonyl (C=O) groups excluding carboxylic acids is 3. The molecule has 4 amide bonds. The Labute approximate surface area is 202 Å². The van der Waals surface area contributed by atoms with Crippen molar-refractivity contribution >= 4 is 23.7 Å². The summed E-state index contributed by atoms with van der Waals surface area (Å²) >= 11 is 0. The highest BCUT2D eigenvalue weighted by Gasteiger charge is 2.48. The Kier molecular flexibility index (Phi) is 5.92. The summed E-state index contributed by atoms with van der Waals surface area (Å²) in [5.41, 5.74) is 1.00. The molecule has 9 nitrogen and oxygen atoms in total. The van der Waals surface area contributed by atoms with E-state index in [1.54, 1.807) is 4.90 Å². The molecule has 3 fully saturated rings. The smallest absolute Gasteiger partial charge is 0.322 e. The van der Waals surface area contributed by atoms with E-state index < -0.39 is 29.2 Å². The lowest BCUT2D eigenvalue weighted by Crippen LogP contribution is -2.49. The molecule has 3 heterocycles. The molecule has 2 aliphatic heterocycles. The maximum Gasteiger partial charge on any atom is 0.322 e. The maximum atomic E-state index is 15.1. The number of methoxy groups -OCH3 is 1. The number of aromatic nitrogens is 1. The van der Waals surface area contributed by atoms with E-state index in [4.69, 9.17) is 4.74 Å². The molecule has 1 aromatic carbocycles. The summed E-state index contributed by atoms with van der Waals surface area (Å²) in [5.74, 6) is -0.226. The Bertz CT molecular complexity index is 1190. The minimum atomic E-state index is -1.54. The van der Waals surface area contributed by atoms with Crippen LogP contribution >= 0.6 is 0 Å². The molecular formula is C25H28FN5O4. The number of anilines is 1. The zero-order valence-electron chi connectivity index (χ0n) is 19.8. The highest BCUT2D eigenvalue weighted by atomic mass is 19.1. The van der Waals surface area contributed by atoms with Crippen LogP contribution in [0.3, 0.4) is 0 Å². The number of hydrogen-bond donors (Lipinski definition) is 2. The number of piperazine rings is 1. The third-order valence-corrected chi connectivity index (χ3v) is 6.98. The van der Waals surface area contributed by atoms with Gasteiger partial charge >= 0.3 is 6.03 Å². The van der Waals surface area contributed by atoms with Crippen LogP contribution in [0.4, 0.5) is 15.0 Å². The number of hydrogen-bond acceptors (Lipinski definition) is 6. The quantitative estimate of drug-likeness (QED) is 0.612. The van der Waals surface area contributed by atoms with E-state index in [2.05, 4.69) is 33.5 Å². The predicted octanol–water partition coefficient (Wildman–Crippen LogP) is 2.05. The first kappa shape index (κ1) is 23.2. The van der Waals surface area contributed by atoms with Crippen LogP contribution in [-0.2, 0) is 15.1 Å². The second-order valence-corrected chi connectivity index (χ2v) is 9.40. The van der Waals surface area contributed by atoms with Crippen molar-refractivity contribution < 1.29 is 23.5 Å². The van der Waals surface area contributed by atoms with Crippen molar-refractivity contribution in [2.75, 3.05) is 44.8 Å². The van der Waals surface area contributed by atoms with Gasteiger partial charge < -0.3 is 19.9 Å². The Balaban J connectivity index is 1.28. The number of halogens is 1. The third kappa shape index (κ3) is 4.22. The van der Waals surface area contributed by atoms with Gasteiger partial charge in [0.05, 0.1) is 12.2 Å². The van der Waals surface area contributed by atoms with Gasteiger partial charge in [-0.3, -0.25) is 14.9 Å². The van der Waals surface area contributed by atoms with Crippen LogP contribution < -0.4 is 15.5 Å². The molecule has 1 unspecified atom stereocenters. The van der Waals surface area contributed by atoms with Crippen molar-refractivity contribution in [2.24, 2.45) is 0 Å². The van der Waals surface area contributed by atoms with E-state index in [0.717, 1.165) is 17.4 Å². The van der Waals surface area contributed by atoms with Crippen molar-refractivity contribution in [3.05, 3.63) is 58.5 Å². The molecule has 35 heavy (non-hydrogen) atoms. The standard InChI is InChI=1S/C25H28FN5O4/c1-15-11-17(16-3-4-16)13-27-21(15)30-7-9-31(10-8-30)22(32)19-6-5-18(12-20(19)26)25(14-35-2)23(33)28-24(34)29-25/h5-6,11-13,16H,3-4,7-10,14H2,1-2H3,(H2,28,29,33,34). The molecule has 1 saturated carbocycles. The molecule has 1 aliphatic carbocycles.